The van der Waals surface area contributed by atoms with Gasteiger partial charge in [0.25, 0.3) is 0 Å². The lowest BCUT2D eigenvalue weighted by Gasteiger charge is -2.19. The second-order valence-electron chi connectivity index (χ2n) is 6.15. The predicted octanol–water partition coefficient (Wildman–Crippen LogP) is 6.49. The Balaban J connectivity index is 1.75. The molecular formula is C22H18Cl2N2S. The van der Waals surface area contributed by atoms with Gasteiger partial charge in [-0.1, -0.05) is 59.6 Å². The van der Waals surface area contributed by atoms with Gasteiger partial charge in [0.05, 0.1) is 16.7 Å². The minimum atomic E-state index is 0.217. The highest BCUT2D eigenvalue weighted by Crippen LogP contribution is 2.27. The number of hydrogen-bond acceptors (Lipinski definition) is 3. The van der Waals surface area contributed by atoms with Crippen LogP contribution in [0.5, 0.6) is 0 Å². The van der Waals surface area contributed by atoms with E-state index in [9.17, 15) is 5.26 Å². The van der Waals surface area contributed by atoms with E-state index in [1.807, 2.05) is 66.7 Å². The average molecular weight is 413 g/mol. The van der Waals surface area contributed by atoms with Gasteiger partial charge in [-0.15, -0.1) is 0 Å². The molecule has 0 saturated heterocycles. The van der Waals surface area contributed by atoms with Crippen molar-refractivity contribution in [2.24, 2.45) is 0 Å². The highest BCUT2D eigenvalue weighted by Gasteiger charge is 2.14. The minimum absolute atomic E-state index is 0.217. The van der Waals surface area contributed by atoms with Gasteiger partial charge >= 0.3 is 0 Å². The summed E-state index contributed by atoms with van der Waals surface area (Å²) in [7, 11) is 0. The molecule has 5 heteroatoms. The van der Waals surface area contributed by atoms with Gasteiger partial charge in [-0.05, 0) is 65.9 Å². The number of nitrogens with zero attached hydrogens (tertiary/aromatic N) is 1. The molecule has 0 saturated carbocycles. The van der Waals surface area contributed by atoms with Crippen LogP contribution in [0.1, 0.15) is 22.6 Å². The number of halogens is 2. The summed E-state index contributed by atoms with van der Waals surface area (Å²) >= 11 is 13.8. The van der Waals surface area contributed by atoms with Crippen molar-refractivity contribution >= 4 is 35.1 Å². The van der Waals surface area contributed by atoms with Crippen LogP contribution >= 0.6 is 35.1 Å². The lowest BCUT2D eigenvalue weighted by molar-refractivity contribution is 0.671. The average Bonchev–Trinajstić information content (AvgIpc) is 2.70. The van der Waals surface area contributed by atoms with Gasteiger partial charge < -0.3 is 0 Å². The Hall–Kier alpha value is -1.96. The van der Waals surface area contributed by atoms with E-state index in [-0.39, 0.29) is 5.92 Å². The van der Waals surface area contributed by atoms with E-state index in [1.54, 1.807) is 0 Å². The minimum Gasteiger partial charge on any atom is -0.259 e. The zero-order valence-corrected chi connectivity index (χ0v) is 16.9. The second kappa shape index (κ2) is 9.82. The molecule has 0 aromatic heterocycles. The standard InChI is InChI=1S/C22H18Cl2N2S/c23-20-10-8-16(9-11-20)12-19(18-5-3-4-17(13-18)14-25)15-26-27-22-7-2-1-6-21(22)24/h1-11,13,19,26H,12,15H2. The molecule has 136 valence electrons. The first-order valence-electron chi connectivity index (χ1n) is 8.54. The van der Waals surface area contributed by atoms with Crippen LogP contribution in [0.2, 0.25) is 10.0 Å². The summed E-state index contributed by atoms with van der Waals surface area (Å²) in [5.74, 6) is 0.217. The van der Waals surface area contributed by atoms with Gasteiger partial charge in [0, 0.05) is 22.4 Å². The highest BCUT2D eigenvalue weighted by atomic mass is 35.5. The molecule has 0 amide bonds. The second-order valence-corrected chi connectivity index (χ2v) is 7.92. The van der Waals surface area contributed by atoms with E-state index in [1.165, 1.54) is 17.5 Å². The van der Waals surface area contributed by atoms with E-state index >= 15 is 0 Å². The molecule has 0 bridgehead atoms. The first kappa shape index (κ1) is 19.8. The van der Waals surface area contributed by atoms with Crippen molar-refractivity contribution < 1.29 is 0 Å². The molecule has 0 heterocycles. The molecule has 0 radical (unpaired) electrons. The van der Waals surface area contributed by atoms with Crippen LogP contribution in [0.25, 0.3) is 0 Å². The highest BCUT2D eigenvalue weighted by molar-refractivity contribution is 7.97. The molecule has 27 heavy (non-hydrogen) atoms. The van der Waals surface area contributed by atoms with Crippen LogP contribution in [-0.2, 0) is 6.42 Å². The van der Waals surface area contributed by atoms with Crippen LogP contribution in [0.4, 0.5) is 0 Å². The molecule has 0 aliphatic rings. The molecule has 3 aromatic carbocycles. The topological polar surface area (TPSA) is 35.8 Å². The third kappa shape index (κ3) is 5.76. The maximum atomic E-state index is 9.22. The van der Waals surface area contributed by atoms with Crippen molar-refractivity contribution in [2.45, 2.75) is 17.2 Å². The summed E-state index contributed by atoms with van der Waals surface area (Å²) < 4.78 is 3.43. The van der Waals surface area contributed by atoms with Gasteiger partial charge in [-0.25, -0.2) is 0 Å². The molecule has 1 atom stereocenters. The van der Waals surface area contributed by atoms with Gasteiger partial charge in [0.1, 0.15) is 0 Å². The molecule has 3 rings (SSSR count). The molecule has 1 N–H and O–H groups in total. The molecule has 0 aliphatic heterocycles. The molecule has 3 aromatic rings. The lowest BCUT2D eigenvalue weighted by atomic mass is 9.91. The fourth-order valence-corrected chi connectivity index (χ4v) is 3.95. The van der Waals surface area contributed by atoms with Crippen molar-refractivity contribution in [2.75, 3.05) is 6.54 Å². The normalized spacial score (nSPS) is 11.7. The first-order chi connectivity index (χ1) is 13.2. The van der Waals surface area contributed by atoms with Crippen LogP contribution < -0.4 is 4.72 Å². The summed E-state index contributed by atoms with van der Waals surface area (Å²) in [6.07, 6.45) is 0.849. The Bertz CT molecular complexity index is 936. The maximum absolute atomic E-state index is 9.22. The smallest absolute Gasteiger partial charge is 0.0991 e. The maximum Gasteiger partial charge on any atom is 0.0991 e. The van der Waals surface area contributed by atoms with Gasteiger partial charge in [-0.3, -0.25) is 4.72 Å². The molecule has 1 unspecified atom stereocenters. The predicted molar refractivity (Wildman–Crippen MR) is 114 cm³/mol. The summed E-state index contributed by atoms with van der Waals surface area (Å²) in [6, 6.07) is 25.7. The van der Waals surface area contributed by atoms with E-state index in [0.717, 1.165) is 33.5 Å². The van der Waals surface area contributed by atoms with E-state index in [2.05, 4.69) is 16.9 Å². The van der Waals surface area contributed by atoms with Gasteiger partial charge in [0.15, 0.2) is 0 Å². The van der Waals surface area contributed by atoms with Crippen LogP contribution in [0.15, 0.2) is 77.7 Å². The molecular weight excluding hydrogens is 395 g/mol. The number of hydrogen-bond donors (Lipinski definition) is 1. The summed E-state index contributed by atoms with van der Waals surface area (Å²) in [5.41, 5.74) is 3.01. The quantitative estimate of drug-likeness (QED) is 0.450. The summed E-state index contributed by atoms with van der Waals surface area (Å²) in [6.45, 7) is 0.743. The van der Waals surface area contributed by atoms with Crippen molar-refractivity contribution in [1.82, 2.24) is 4.72 Å². The fourth-order valence-electron chi connectivity index (χ4n) is 2.82. The lowest BCUT2D eigenvalue weighted by Crippen LogP contribution is -2.18. The number of rotatable bonds is 7. The van der Waals surface area contributed by atoms with E-state index in [4.69, 9.17) is 23.2 Å². The van der Waals surface area contributed by atoms with E-state index < -0.39 is 0 Å². The molecule has 0 spiro atoms. The zero-order chi connectivity index (χ0) is 19.1. The Kier molecular flexibility index (Phi) is 7.20. The van der Waals surface area contributed by atoms with E-state index in [0.29, 0.717) is 5.56 Å². The van der Waals surface area contributed by atoms with Crippen molar-refractivity contribution in [1.29, 1.82) is 5.26 Å². The molecule has 0 aliphatic carbocycles. The third-order valence-electron chi connectivity index (χ3n) is 4.23. The Morgan fingerprint density at radius 3 is 2.48 bits per heavy atom. The van der Waals surface area contributed by atoms with Crippen molar-refractivity contribution in [3.8, 4) is 6.07 Å². The number of nitrogens with one attached hydrogen (secondary N) is 1. The van der Waals surface area contributed by atoms with Crippen LogP contribution in [0, 0.1) is 11.3 Å². The summed E-state index contributed by atoms with van der Waals surface area (Å²) in [4.78, 5) is 0.996. The summed E-state index contributed by atoms with van der Waals surface area (Å²) in [5, 5.41) is 10.7. The van der Waals surface area contributed by atoms with Crippen molar-refractivity contribution in [3.05, 3.63) is 99.5 Å². The molecule has 0 fully saturated rings. The fraction of sp³-hybridized carbons (Fsp3) is 0.136. The zero-order valence-electron chi connectivity index (χ0n) is 14.5. The van der Waals surface area contributed by atoms with Gasteiger partial charge in [0.2, 0.25) is 0 Å². The Morgan fingerprint density at radius 2 is 1.74 bits per heavy atom. The largest absolute Gasteiger partial charge is 0.259 e. The van der Waals surface area contributed by atoms with Crippen LogP contribution in [0.3, 0.4) is 0 Å². The Labute approximate surface area is 174 Å². The van der Waals surface area contributed by atoms with Crippen LogP contribution in [-0.4, -0.2) is 6.54 Å². The number of nitriles is 1. The SMILES string of the molecule is N#Cc1cccc(C(CNSc2ccccc2Cl)Cc2ccc(Cl)cc2)c1. The first-order valence-corrected chi connectivity index (χ1v) is 10.1. The molecule has 2 nitrogen and oxygen atoms in total. The third-order valence-corrected chi connectivity index (χ3v) is 5.81. The van der Waals surface area contributed by atoms with Crippen molar-refractivity contribution in [3.63, 3.8) is 0 Å². The van der Waals surface area contributed by atoms with Gasteiger partial charge in [-0.2, -0.15) is 5.26 Å². The number of benzene rings is 3. The Morgan fingerprint density at radius 1 is 0.963 bits per heavy atom. The monoisotopic (exact) mass is 412 g/mol.